The number of thiophene rings is 1. The summed E-state index contributed by atoms with van der Waals surface area (Å²) in [5.74, 6) is 0.889. The lowest BCUT2D eigenvalue weighted by molar-refractivity contribution is -0.892. The summed E-state index contributed by atoms with van der Waals surface area (Å²) in [7, 11) is 1.70. The zero-order chi connectivity index (χ0) is 20.2. The van der Waals surface area contributed by atoms with Crippen LogP contribution in [0.2, 0.25) is 0 Å². The molecule has 0 unspecified atom stereocenters. The maximum absolute atomic E-state index is 12.6. The molecule has 4 rings (SSSR count). The molecule has 0 bridgehead atoms. The number of carbonyl (C=O) groups excluding carboxylic acids is 1. The number of nitriles is 1. The Hall–Kier alpha value is -2.56. The fraction of sp³-hybridized carbons (Fsp3) is 0.455. The molecule has 2 aromatic rings. The molecule has 152 valence electrons. The molecule has 1 aromatic carbocycles. The van der Waals surface area contributed by atoms with Gasteiger partial charge in [-0.3, -0.25) is 4.79 Å². The van der Waals surface area contributed by atoms with Crippen molar-refractivity contribution in [2.45, 2.75) is 25.7 Å². The minimum atomic E-state index is 0.000776. The molecule has 0 spiro atoms. The number of nitrogens with one attached hydrogen (secondary N) is 2. The number of aryl methyl sites for hydroxylation is 1. The summed E-state index contributed by atoms with van der Waals surface area (Å²) < 4.78 is 5.47. The van der Waals surface area contributed by atoms with Gasteiger partial charge in [0.1, 0.15) is 16.8 Å². The van der Waals surface area contributed by atoms with E-state index in [4.69, 9.17) is 4.74 Å². The van der Waals surface area contributed by atoms with Gasteiger partial charge in [0.05, 0.1) is 44.5 Å². The molecule has 2 heterocycles. The highest BCUT2D eigenvalue weighted by molar-refractivity contribution is 7.16. The molecular weight excluding hydrogens is 384 g/mol. The Labute approximate surface area is 175 Å². The maximum Gasteiger partial charge on any atom is 0.280 e. The lowest BCUT2D eigenvalue weighted by Crippen LogP contribution is -3.15. The van der Waals surface area contributed by atoms with E-state index in [2.05, 4.69) is 22.4 Å². The van der Waals surface area contributed by atoms with Gasteiger partial charge in [-0.2, -0.15) is 5.26 Å². The van der Waals surface area contributed by atoms with E-state index >= 15 is 0 Å². The lowest BCUT2D eigenvalue weighted by Gasteiger charge is -2.33. The normalized spacial score (nSPS) is 16.8. The largest absolute Gasteiger partial charge is 0.495 e. The SMILES string of the molecule is COc1ccccc1N1CC[NH+](CC(=O)Nc2sc3c(c2C#N)CCCC3)CC1. The first kappa shape index (κ1) is 19.7. The van der Waals surface area contributed by atoms with E-state index in [0.717, 1.165) is 67.4 Å². The van der Waals surface area contributed by atoms with Crippen LogP contribution >= 0.6 is 11.3 Å². The molecule has 1 amide bonds. The number of rotatable bonds is 5. The zero-order valence-corrected chi connectivity index (χ0v) is 17.6. The van der Waals surface area contributed by atoms with Crippen LogP contribution < -0.4 is 19.9 Å². The smallest absolute Gasteiger partial charge is 0.280 e. The Kier molecular flexibility index (Phi) is 6.02. The fourth-order valence-electron chi connectivity index (χ4n) is 4.30. The molecule has 0 atom stereocenters. The van der Waals surface area contributed by atoms with Gasteiger partial charge in [-0.05, 0) is 43.4 Å². The van der Waals surface area contributed by atoms with Crippen molar-refractivity contribution in [1.82, 2.24) is 0 Å². The standard InChI is InChI=1S/C22H26N4O2S/c1-28-19-8-4-3-7-18(19)26-12-10-25(11-13-26)15-21(27)24-22-17(14-23)16-6-2-5-9-20(16)29-22/h3-4,7-8H,2,5-6,9-13,15H2,1H3,(H,24,27)/p+1. The zero-order valence-electron chi connectivity index (χ0n) is 16.8. The van der Waals surface area contributed by atoms with Crippen molar-refractivity contribution >= 4 is 27.9 Å². The van der Waals surface area contributed by atoms with Crippen molar-refractivity contribution in [3.8, 4) is 11.8 Å². The van der Waals surface area contributed by atoms with Gasteiger partial charge in [0, 0.05) is 4.88 Å². The lowest BCUT2D eigenvalue weighted by atomic mass is 9.96. The number of carbonyl (C=O) groups is 1. The van der Waals surface area contributed by atoms with E-state index < -0.39 is 0 Å². The van der Waals surface area contributed by atoms with E-state index in [0.29, 0.717) is 12.1 Å². The maximum atomic E-state index is 12.6. The van der Waals surface area contributed by atoms with Crippen LogP contribution in [-0.2, 0) is 17.6 Å². The van der Waals surface area contributed by atoms with Crippen molar-refractivity contribution in [3.63, 3.8) is 0 Å². The summed E-state index contributed by atoms with van der Waals surface area (Å²) in [6.07, 6.45) is 4.29. The number of benzene rings is 1. The number of anilines is 2. The molecule has 6 nitrogen and oxygen atoms in total. The highest BCUT2D eigenvalue weighted by Crippen LogP contribution is 2.37. The molecule has 7 heteroatoms. The van der Waals surface area contributed by atoms with Crippen LogP contribution in [0.15, 0.2) is 24.3 Å². The number of nitrogens with zero attached hydrogens (tertiary/aromatic N) is 2. The quantitative estimate of drug-likeness (QED) is 0.788. The van der Waals surface area contributed by atoms with Gasteiger partial charge in [0.2, 0.25) is 0 Å². The number of piperazine rings is 1. The Morgan fingerprint density at radius 2 is 2.03 bits per heavy atom. The number of para-hydroxylation sites is 2. The third-order valence-corrected chi connectivity index (χ3v) is 7.05. The van der Waals surface area contributed by atoms with Gasteiger partial charge in [0.25, 0.3) is 5.91 Å². The average Bonchev–Trinajstić information content (AvgIpc) is 3.11. The Bertz CT molecular complexity index is 925. The van der Waals surface area contributed by atoms with Crippen molar-refractivity contribution in [3.05, 3.63) is 40.3 Å². The van der Waals surface area contributed by atoms with Crippen molar-refractivity contribution in [2.24, 2.45) is 0 Å². The third kappa shape index (κ3) is 4.24. The minimum Gasteiger partial charge on any atom is -0.495 e. The summed E-state index contributed by atoms with van der Waals surface area (Å²) >= 11 is 1.59. The molecule has 1 saturated heterocycles. The topological polar surface area (TPSA) is 69.8 Å². The van der Waals surface area contributed by atoms with Crippen LogP contribution in [0.3, 0.4) is 0 Å². The predicted molar refractivity (Wildman–Crippen MR) is 115 cm³/mol. The molecule has 29 heavy (non-hydrogen) atoms. The predicted octanol–water partition coefficient (Wildman–Crippen LogP) is 1.85. The van der Waals surface area contributed by atoms with Crippen molar-refractivity contribution in [2.75, 3.05) is 50.1 Å². The second-order valence-corrected chi connectivity index (χ2v) is 8.77. The highest BCUT2D eigenvalue weighted by Gasteiger charge is 2.26. The highest BCUT2D eigenvalue weighted by atomic mass is 32.1. The van der Waals surface area contributed by atoms with Crippen LogP contribution in [0, 0.1) is 11.3 Å². The van der Waals surface area contributed by atoms with Gasteiger partial charge in [-0.1, -0.05) is 12.1 Å². The second-order valence-electron chi connectivity index (χ2n) is 7.66. The van der Waals surface area contributed by atoms with Crippen LogP contribution in [0.5, 0.6) is 5.75 Å². The first-order chi connectivity index (χ1) is 14.2. The fourth-order valence-corrected chi connectivity index (χ4v) is 5.56. The first-order valence-corrected chi connectivity index (χ1v) is 11.1. The van der Waals surface area contributed by atoms with Crippen LogP contribution in [-0.4, -0.2) is 45.7 Å². The second kappa shape index (κ2) is 8.85. The molecule has 1 aliphatic heterocycles. The molecule has 2 aliphatic rings. The average molecular weight is 412 g/mol. The monoisotopic (exact) mass is 411 g/mol. The number of methoxy groups -OCH3 is 1. The van der Waals surface area contributed by atoms with E-state index in [1.165, 1.54) is 16.2 Å². The van der Waals surface area contributed by atoms with Crippen molar-refractivity contribution < 1.29 is 14.4 Å². The van der Waals surface area contributed by atoms with E-state index in [-0.39, 0.29) is 5.91 Å². The van der Waals surface area contributed by atoms with Crippen LogP contribution in [0.25, 0.3) is 0 Å². The number of ether oxygens (including phenoxy) is 1. The third-order valence-electron chi connectivity index (χ3n) is 5.84. The molecule has 2 N–H and O–H groups in total. The number of hydrogen-bond donors (Lipinski definition) is 2. The Morgan fingerprint density at radius 3 is 2.79 bits per heavy atom. The van der Waals surface area contributed by atoms with Crippen LogP contribution in [0.4, 0.5) is 10.7 Å². The molecule has 1 aliphatic carbocycles. The van der Waals surface area contributed by atoms with Gasteiger partial charge < -0.3 is 19.9 Å². The Morgan fingerprint density at radius 1 is 1.28 bits per heavy atom. The van der Waals surface area contributed by atoms with Gasteiger partial charge in [-0.25, -0.2) is 0 Å². The van der Waals surface area contributed by atoms with Gasteiger partial charge in [0.15, 0.2) is 6.54 Å². The summed E-state index contributed by atoms with van der Waals surface area (Å²) in [5, 5.41) is 13.3. The van der Waals surface area contributed by atoms with Crippen molar-refractivity contribution in [1.29, 1.82) is 5.26 Å². The van der Waals surface area contributed by atoms with E-state index in [1.807, 2.05) is 18.2 Å². The summed E-state index contributed by atoms with van der Waals surface area (Å²) in [5.41, 5.74) is 2.96. The van der Waals surface area contributed by atoms with Gasteiger partial charge >= 0.3 is 0 Å². The summed E-state index contributed by atoms with van der Waals surface area (Å²) in [6, 6.07) is 10.4. The number of fused-ring (bicyclic) bond motifs is 1. The molecule has 1 fully saturated rings. The number of amides is 1. The summed E-state index contributed by atoms with van der Waals surface area (Å²) in [6.45, 7) is 4.02. The minimum absolute atomic E-state index is 0.000776. The van der Waals surface area contributed by atoms with E-state index in [1.54, 1.807) is 18.4 Å². The number of hydrogen-bond acceptors (Lipinski definition) is 5. The Balaban J connectivity index is 1.34. The number of quaternary nitrogens is 1. The summed E-state index contributed by atoms with van der Waals surface area (Å²) in [4.78, 5) is 17.5. The molecule has 0 saturated carbocycles. The molecular formula is C22H27N4O2S+. The molecule has 0 radical (unpaired) electrons. The first-order valence-electron chi connectivity index (χ1n) is 10.3. The molecule has 1 aromatic heterocycles. The van der Waals surface area contributed by atoms with E-state index in [9.17, 15) is 10.1 Å². The van der Waals surface area contributed by atoms with Crippen LogP contribution in [0.1, 0.15) is 28.8 Å². The van der Waals surface area contributed by atoms with Gasteiger partial charge in [-0.15, -0.1) is 11.3 Å².